The maximum atomic E-state index is 8.63. The Morgan fingerprint density at radius 1 is 0.200 bits per heavy atom. The monoisotopic (exact) mass is 1500 g/mol. The molecule has 468 valence electrons. The second kappa shape index (κ2) is 42.5. The predicted molar refractivity (Wildman–Crippen MR) is 379 cm³/mol. The second-order valence-electron chi connectivity index (χ2n) is 18.7. The van der Waals surface area contributed by atoms with Crippen molar-refractivity contribution in [3.8, 4) is 0 Å². The Morgan fingerprint density at radius 2 is 0.256 bits per heavy atom. The SMILES string of the molecule is O.O=S(=O)([O-])O.O=S(=O)([O-])O.[Ag+].[Ag+].[OH3+].c1ccc([PH+](c2ccccc2)c2ccccc2)cc1.c1ccc([PH+](c2ccccc2)c2ccccc2)cc1.c1ccc([PH+](c2ccccc2)c2ccccc2)cc1.c1ccc([PH+](c2ccccc2)c2ccccc2)cc1. The van der Waals surface area contributed by atoms with Crippen LogP contribution in [0.5, 0.6) is 0 Å². The molecule has 0 radical (unpaired) electrons. The Labute approximate surface area is 566 Å². The zero-order valence-electron chi connectivity index (χ0n) is 48.5. The standard InChI is InChI=1S/4C18H15P.2Ag.2H2O4S.2H2O/c4*1-4-10-16(11-5-1)19(17-12-6-2-7-13-17)18-14-8-3-9-15-18;;;2*1-5(2,3)4;;/h4*1-15H;;;2*(H2,1,2,3,4);2*1H2/q;;;;2*+1;;;;/p+3. The third-order valence-electron chi connectivity index (χ3n) is 12.7. The van der Waals surface area contributed by atoms with Crippen molar-refractivity contribution in [3.05, 3.63) is 364 Å². The molecule has 0 saturated carbocycles. The molecule has 0 aliphatic rings. The van der Waals surface area contributed by atoms with Crippen LogP contribution in [0.3, 0.4) is 0 Å². The summed E-state index contributed by atoms with van der Waals surface area (Å²) in [5.41, 5.74) is 0. The Hall–Kier alpha value is -6.50. The summed E-state index contributed by atoms with van der Waals surface area (Å²) in [7, 11) is -13.3. The van der Waals surface area contributed by atoms with E-state index in [1.807, 2.05) is 0 Å². The molecule has 0 spiro atoms. The fraction of sp³-hybridized carbons (Fsp3) is 0. The Morgan fingerprint density at radius 3 is 0.311 bits per heavy atom. The van der Waals surface area contributed by atoms with Gasteiger partial charge in [0, 0.05) is 0 Å². The maximum absolute atomic E-state index is 8.63. The van der Waals surface area contributed by atoms with Gasteiger partial charge in [0.2, 0.25) is 20.8 Å². The molecule has 0 heterocycles. The van der Waals surface area contributed by atoms with Crippen molar-refractivity contribution in [2.75, 3.05) is 0 Å². The van der Waals surface area contributed by atoms with Crippen LogP contribution in [0.25, 0.3) is 0 Å². The van der Waals surface area contributed by atoms with Crippen LogP contribution in [0.4, 0.5) is 0 Å². The van der Waals surface area contributed by atoms with Crippen molar-refractivity contribution < 1.29 is 90.8 Å². The summed E-state index contributed by atoms with van der Waals surface area (Å²) in [4.78, 5) is 0. The van der Waals surface area contributed by atoms with Gasteiger partial charge in [-0.05, 0) is 146 Å². The van der Waals surface area contributed by atoms with Crippen molar-refractivity contribution in [1.29, 1.82) is 0 Å². The third kappa shape index (κ3) is 27.9. The van der Waals surface area contributed by atoms with Crippen LogP contribution in [0.2, 0.25) is 0 Å². The minimum atomic E-state index is -4.92. The second-order valence-corrected chi connectivity index (χ2v) is 30.4. The molecule has 0 fully saturated rings. The van der Waals surface area contributed by atoms with Gasteiger partial charge in [0.25, 0.3) is 0 Å². The van der Waals surface area contributed by atoms with Gasteiger partial charge in [-0.1, -0.05) is 218 Å². The summed E-state index contributed by atoms with van der Waals surface area (Å²) in [6.07, 6.45) is 0. The minimum absolute atomic E-state index is 0. The average Bonchev–Trinajstić information content (AvgIpc) is 2.43. The van der Waals surface area contributed by atoms with Crippen molar-refractivity contribution in [3.63, 3.8) is 0 Å². The van der Waals surface area contributed by atoms with E-state index in [1.165, 1.54) is 63.7 Å². The molecule has 7 N–H and O–H groups in total. The van der Waals surface area contributed by atoms with Crippen LogP contribution in [-0.2, 0) is 71.0 Å². The molecular formula is C72H71Ag2O10P4S2+5. The van der Waals surface area contributed by atoms with Gasteiger partial charge < -0.3 is 20.1 Å². The molecule has 12 aromatic carbocycles. The quantitative estimate of drug-likeness (QED) is 0.0394. The van der Waals surface area contributed by atoms with E-state index in [-0.39, 0.29) is 55.7 Å². The molecule has 0 aliphatic carbocycles. The molecule has 12 aromatic rings. The van der Waals surface area contributed by atoms with Gasteiger partial charge in [-0.2, -0.15) is 0 Å². The molecule has 10 nitrogen and oxygen atoms in total. The maximum Gasteiger partial charge on any atom is 1.00 e. The van der Waals surface area contributed by atoms with Crippen molar-refractivity contribution in [1.82, 2.24) is 0 Å². The minimum Gasteiger partial charge on any atom is -0.726 e. The van der Waals surface area contributed by atoms with Gasteiger partial charge in [-0.3, -0.25) is 9.11 Å². The first kappa shape index (κ1) is 77.7. The van der Waals surface area contributed by atoms with Gasteiger partial charge in [0.05, 0.1) is 31.7 Å². The third-order valence-corrected chi connectivity index (χ3v) is 23.7. The van der Waals surface area contributed by atoms with Crippen molar-refractivity contribution in [2.45, 2.75) is 0 Å². The molecule has 0 amide bonds. The number of hydrogen-bond donors (Lipinski definition) is 2. The van der Waals surface area contributed by atoms with Gasteiger partial charge in [-0.15, -0.1) is 0 Å². The average molecular weight is 1500 g/mol. The van der Waals surface area contributed by atoms with E-state index in [2.05, 4.69) is 364 Å². The molecule has 90 heavy (non-hydrogen) atoms. The van der Waals surface area contributed by atoms with Gasteiger partial charge >= 0.3 is 44.8 Å². The Balaban J connectivity index is 0.000000294. The van der Waals surface area contributed by atoms with Crippen LogP contribution in [-0.4, -0.2) is 40.5 Å². The fourth-order valence-electron chi connectivity index (χ4n) is 9.26. The molecule has 0 aliphatic heterocycles. The van der Waals surface area contributed by atoms with E-state index in [1.54, 1.807) is 0 Å². The number of hydrogen-bond acceptors (Lipinski definition) is 6. The van der Waals surface area contributed by atoms with Gasteiger partial charge in [-0.25, -0.2) is 16.8 Å². The van der Waals surface area contributed by atoms with E-state index < -0.39 is 52.5 Å². The van der Waals surface area contributed by atoms with E-state index in [0.29, 0.717) is 0 Å². The van der Waals surface area contributed by atoms with Crippen LogP contribution < -0.4 is 63.7 Å². The first-order valence-electron chi connectivity index (χ1n) is 27.3. The predicted octanol–water partition coefficient (Wildman–Crippen LogP) is 8.97. The molecule has 0 aromatic heterocycles. The van der Waals surface area contributed by atoms with E-state index in [9.17, 15) is 0 Å². The largest absolute Gasteiger partial charge is 1.00 e. The zero-order valence-corrected chi connectivity index (χ0v) is 57.1. The fourth-order valence-corrected chi connectivity index (χ4v) is 19.6. The zero-order chi connectivity index (χ0) is 60.7. The van der Waals surface area contributed by atoms with Crippen LogP contribution in [0, 0.1) is 0 Å². The summed E-state index contributed by atoms with van der Waals surface area (Å²) in [5.74, 6) is 0. The van der Waals surface area contributed by atoms with Gasteiger partial charge in [0.1, 0.15) is 63.7 Å². The Kier molecular flexibility index (Phi) is 36.7. The molecule has 12 rings (SSSR count). The molecule has 0 atom stereocenters. The smallest absolute Gasteiger partial charge is 0.726 e. The molecular weight excluding hydrogens is 1430 g/mol. The summed E-state index contributed by atoms with van der Waals surface area (Å²) >= 11 is 0. The van der Waals surface area contributed by atoms with E-state index >= 15 is 0 Å². The normalized spacial score (nSPS) is 10.2. The van der Waals surface area contributed by atoms with Gasteiger partial charge in [0.15, 0.2) is 0 Å². The van der Waals surface area contributed by atoms with Crippen molar-refractivity contribution >= 4 is 116 Å². The van der Waals surface area contributed by atoms with E-state index in [0.717, 1.165) is 0 Å². The Bertz CT molecular complexity index is 3110. The number of benzene rings is 12. The first-order valence-corrected chi connectivity index (χ1v) is 36.0. The summed E-state index contributed by atoms with van der Waals surface area (Å²) < 4.78 is 65.7. The summed E-state index contributed by atoms with van der Waals surface area (Å²) in [6.45, 7) is 0. The van der Waals surface area contributed by atoms with Crippen LogP contribution >= 0.6 is 31.7 Å². The molecule has 18 heteroatoms. The molecule has 0 unspecified atom stereocenters. The van der Waals surface area contributed by atoms with Crippen LogP contribution in [0.1, 0.15) is 0 Å². The summed E-state index contributed by atoms with van der Waals surface area (Å²) in [5, 5.41) is 17.2. The van der Waals surface area contributed by atoms with E-state index in [4.69, 9.17) is 35.0 Å². The topological polar surface area (TPSA) is 219 Å². The first-order chi connectivity index (χ1) is 41.8. The van der Waals surface area contributed by atoms with Crippen molar-refractivity contribution in [2.24, 2.45) is 0 Å². The molecule has 0 bridgehead atoms. The summed E-state index contributed by atoms with van der Waals surface area (Å²) in [6, 6.07) is 130. The number of rotatable bonds is 12. The molecule has 0 saturated heterocycles. The van der Waals surface area contributed by atoms with Crippen LogP contribution in [0.15, 0.2) is 364 Å².